The average molecular weight is 294 g/mol. The molecule has 0 saturated heterocycles. The predicted molar refractivity (Wildman–Crippen MR) is 93.5 cm³/mol. The van der Waals surface area contributed by atoms with E-state index in [4.69, 9.17) is 0 Å². The van der Waals surface area contributed by atoms with Gasteiger partial charge in [0.25, 0.3) is 0 Å². The highest BCUT2D eigenvalue weighted by Crippen LogP contribution is 2.45. The van der Waals surface area contributed by atoms with Crippen molar-refractivity contribution in [3.05, 3.63) is 0 Å². The minimum Gasteiger partial charge on any atom is -0.316 e. The Morgan fingerprint density at radius 3 is 2.33 bits per heavy atom. The van der Waals surface area contributed by atoms with Crippen molar-refractivity contribution in [2.24, 2.45) is 29.6 Å². The number of hydrogen-bond donors (Lipinski definition) is 1. The van der Waals surface area contributed by atoms with E-state index in [-0.39, 0.29) is 0 Å². The molecule has 3 unspecified atom stereocenters. The second kappa shape index (κ2) is 9.18. The second-order valence-corrected chi connectivity index (χ2v) is 8.12. The van der Waals surface area contributed by atoms with Crippen molar-refractivity contribution in [1.82, 2.24) is 5.32 Å². The molecule has 0 aromatic carbocycles. The zero-order valence-electron chi connectivity index (χ0n) is 14.9. The van der Waals surface area contributed by atoms with Crippen molar-refractivity contribution in [2.45, 2.75) is 85.0 Å². The molecule has 1 nitrogen and oxygen atoms in total. The lowest BCUT2D eigenvalue weighted by atomic mass is 9.63. The molecule has 2 aliphatic rings. The first-order valence-corrected chi connectivity index (χ1v) is 9.95. The molecule has 2 aliphatic carbocycles. The van der Waals surface area contributed by atoms with Gasteiger partial charge in [-0.3, -0.25) is 0 Å². The highest BCUT2D eigenvalue weighted by atomic mass is 14.9. The van der Waals surface area contributed by atoms with Crippen molar-refractivity contribution in [1.29, 1.82) is 0 Å². The van der Waals surface area contributed by atoms with Gasteiger partial charge in [0.05, 0.1) is 0 Å². The van der Waals surface area contributed by atoms with Gasteiger partial charge >= 0.3 is 0 Å². The Morgan fingerprint density at radius 2 is 1.67 bits per heavy atom. The number of hydrogen-bond acceptors (Lipinski definition) is 1. The molecule has 124 valence electrons. The summed E-state index contributed by atoms with van der Waals surface area (Å²) in [5.41, 5.74) is 0. The molecule has 0 aliphatic heterocycles. The van der Waals surface area contributed by atoms with Gasteiger partial charge in [0.2, 0.25) is 0 Å². The maximum atomic E-state index is 3.73. The van der Waals surface area contributed by atoms with E-state index in [2.05, 4.69) is 26.1 Å². The largest absolute Gasteiger partial charge is 0.316 e. The molecule has 0 bridgehead atoms. The van der Waals surface area contributed by atoms with Gasteiger partial charge in [-0.05, 0) is 74.8 Å². The van der Waals surface area contributed by atoms with E-state index in [1.807, 2.05) is 0 Å². The van der Waals surface area contributed by atoms with Gasteiger partial charge in [-0.25, -0.2) is 0 Å². The Hall–Kier alpha value is -0.0400. The third kappa shape index (κ3) is 5.27. The number of nitrogens with one attached hydrogen (secondary N) is 1. The average Bonchev–Trinajstić information content (AvgIpc) is 2.50. The van der Waals surface area contributed by atoms with Gasteiger partial charge in [-0.2, -0.15) is 0 Å². The maximum absolute atomic E-state index is 3.73. The molecule has 0 amide bonds. The van der Waals surface area contributed by atoms with Crippen molar-refractivity contribution < 1.29 is 0 Å². The molecular formula is C20H39N. The summed E-state index contributed by atoms with van der Waals surface area (Å²) in [7, 11) is 0. The molecule has 2 fully saturated rings. The summed E-state index contributed by atoms with van der Waals surface area (Å²) in [6.45, 7) is 9.61. The molecule has 0 heterocycles. The molecule has 0 radical (unpaired) electrons. The fraction of sp³-hybridized carbons (Fsp3) is 1.00. The Kier molecular flexibility index (Phi) is 7.57. The summed E-state index contributed by atoms with van der Waals surface area (Å²) in [4.78, 5) is 0. The van der Waals surface area contributed by atoms with Crippen LogP contribution in [0.15, 0.2) is 0 Å². The molecule has 1 N–H and O–H groups in total. The lowest BCUT2D eigenvalue weighted by Gasteiger charge is -2.43. The van der Waals surface area contributed by atoms with Gasteiger partial charge in [0.15, 0.2) is 0 Å². The Bertz CT molecular complexity index is 267. The molecule has 0 aromatic heterocycles. The third-order valence-electron chi connectivity index (χ3n) is 6.35. The second-order valence-electron chi connectivity index (χ2n) is 8.12. The summed E-state index contributed by atoms with van der Waals surface area (Å²) in [6, 6.07) is 0. The third-order valence-corrected chi connectivity index (χ3v) is 6.35. The van der Waals surface area contributed by atoms with E-state index in [1.165, 1.54) is 70.9 Å². The molecule has 0 aromatic rings. The highest BCUT2D eigenvalue weighted by Gasteiger charge is 2.36. The van der Waals surface area contributed by atoms with Crippen LogP contribution in [-0.4, -0.2) is 13.1 Å². The summed E-state index contributed by atoms with van der Waals surface area (Å²) in [5, 5.41) is 3.73. The maximum Gasteiger partial charge on any atom is -0.00178 e. The SMILES string of the molecule is CCCNCC1CCC(CCC)CC1C1CCC(C)CC1. The van der Waals surface area contributed by atoms with Crippen LogP contribution < -0.4 is 5.32 Å². The zero-order valence-corrected chi connectivity index (χ0v) is 14.9. The summed E-state index contributed by atoms with van der Waals surface area (Å²) < 4.78 is 0. The van der Waals surface area contributed by atoms with Crippen molar-refractivity contribution in [3.8, 4) is 0 Å². The van der Waals surface area contributed by atoms with Crippen molar-refractivity contribution in [3.63, 3.8) is 0 Å². The van der Waals surface area contributed by atoms with Crippen LogP contribution in [0.5, 0.6) is 0 Å². The lowest BCUT2D eigenvalue weighted by molar-refractivity contribution is 0.0831. The van der Waals surface area contributed by atoms with Crippen LogP contribution >= 0.6 is 0 Å². The molecule has 1 heteroatoms. The van der Waals surface area contributed by atoms with Crippen LogP contribution in [0.1, 0.15) is 85.0 Å². The van der Waals surface area contributed by atoms with E-state index in [0.29, 0.717) is 0 Å². The Labute approximate surface area is 133 Å². The first-order valence-electron chi connectivity index (χ1n) is 9.95. The molecule has 2 saturated carbocycles. The summed E-state index contributed by atoms with van der Waals surface area (Å²) in [5.74, 6) is 5.10. The number of rotatable bonds is 7. The summed E-state index contributed by atoms with van der Waals surface area (Å²) in [6.07, 6.45) is 14.7. The molecule has 2 rings (SSSR count). The minimum atomic E-state index is 0.975. The monoisotopic (exact) mass is 293 g/mol. The van der Waals surface area contributed by atoms with Crippen molar-refractivity contribution in [2.75, 3.05) is 13.1 Å². The highest BCUT2D eigenvalue weighted by molar-refractivity contribution is 4.87. The standard InChI is InChI=1S/C20H39N/c1-4-6-17-9-12-19(15-21-13-5-2)20(14-17)18-10-7-16(3)8-11-18/h16-21H,4-15H2,1-3H3. The smallest absolute Gasteiger partial charge is 0.00178 e. The van der Waals surface area contributed by atoms with Crippen LogP contribution in [-0.2, 0) is 0 Å². The van der Waals surface area contributed by atoms with Gasteiger partial charge < -0.3 is 5.32 Å². The minimum absolute atomic E-state index is 0.975. The molecule has 3 atom stereocenters. The van der Waals surface area contributed by atoms with Crippen LogP contribution in [0.25, 0.3) is 0 Å². The summed E-state index contributed by atoms with van der Waals surface area (Å²) >= 11 is 0. The van der Waals surface area contributed by atoms with Crippen LogP contribution in [0.4, 0.5) is 0 Å². The van der Waals surface area contributed by atoms with Gasteiger partial charge in [-0.15, -0.1) is 0 Å². The molecule has 21 heavy (non-hydrogen) atoms. The fourth-order valence-corrected chi connectivity index (χ4v) is 5.04. The topological polar surface area (TPSA) is 12.0 Å². The van der Waals surface area contributed by atoms with E-state index < -0.39 is 0 Å². The van der Waals surface area contributed by atoms with Crippen molar-refractivity contribution >= 4 is 0 Å². The molecule has 0 spiro atoms. The zero-order chi connectivity index (χ0) is 15.1. The first kappa shape index (κ1) is 17.3. The van der Waals surface area contributed by atoms with Crippen LogP contribution in [0, 0.1) is 29.6 Å². The van der Waals surface area contributed by atoms with E-state index in [1.54, 1.807) is 6.42 Å². The Morgan fingerprint density at radius 1 is 0.905 bits per heavy atom. The predicted octanol–water partition coefficient (Wildman–Crippen LogP) is 5.64. The van der Waals surface area contributed by atoms with Crippen LogP contribution in [0.2, 0.25) is 0 Å². The fourth-order valence-electron chi connectivity index (χ4n) is 5.04. The first-order chi connectivity index (χ1) is 10.2. The van der Waals surface area contributed by atoms with Gasteiger partial charge in [0.1, 0.15) is 0 Å². The quantitative estimate of drug-likeness (QED) is 0.598. The lowest BCUT2D eigenvalue weighted by Crippen LogP contribution is -2.38. The van der Waals surface area contributed by atoms with E-state index in [9.17, 15) is 0 Å². The van der Waals surface area contributed by atoms with E-state index in [0.717, 1.165) is 29.6 Å². The van der Waals surface area contributed by atoms with Crippen LogP contribution in [0.3, 0.4) is 0 Å². The normalized spacial score (nSPS) is 37.6. The van der Waals surface area contributed by atoms with E-state index >= 15 is 0 Å². The molecular weight excluding hydrogens is 254 g/mol. The van der Waals surface area contributed by atoms with Gasteiger partial charge in [-0.1, -0.05) is 52.9 Å². The Balaban J connectivity index is 1.91. The van der Waals surface area contributed by atoms with Gasteiger partial charge in [0, 0.05) is 0 Å².